The minimum absolute atomic E-state index is 0.202. The summed E-state index contributed by atoms with van der Waals surface area (Å²) in [5.41, 5.74) is 3.59. The van der Waals surface area contributed by atoms with E-state index in [9.17, 15) is 0 Å². The van der Waals surface area contributed by atoms with Crippen LogP contribution in [0.3, 0.4) is 0 Å². The van der Waals surface area contributed by atoms with Gasteiger partial charge in [0.25, 0.3) is 0 Å². The number of nitrogens with two attached hydrogens (primary N) is 1. The first kappa shape index (κ1) is 12.1. The number of nitrogens with zero attached hydrogens (tertiary/aromatic N) is 3. The Morgan fingerprint density at radius 1 is 1.60 bits per heavy atom. The second-order valence-electron chi connectivity index (χ2n) is 3.51. The summed E-state index contributed by atoms with van der Waals surface area (Å²) in [6.45, 7) is 6.12. The van der Waals surface area contributed by atoms with Crippen LogP contribution < -0.4 is 11.3 Å². The molecule has 5 nitrogen and oxygen atoms in total. The fourth-order valence-corrected chi connectivity index (χ4v) is 1.88. The Kier molecular flexibility index (Phi) is 4.64. The highest BCUT2D eigenvalue weighted by Crippen LogP contribution is 2.13. The van der Waals surface area contributed by atoms with Crippen molar-refractivity contribution in [3.63, 3.8) is 0 Å². The van der Waals surface area contributed by atoms with Crippen molar-refractivity contribution in [1.29, 1.82) is 0 Å². The lowest BCUT2D eigenvalue weighted by Gasteiger charge is -2.06. The van der Waals surface area contributed by atoms with Gasteiger partial charge in [-0.2, -0.15) is 0 Å². The third-order valence-electron chi connectivity index (χ3n) is 1.78. The fourth-order valence-electron chi connectivity index (χ4n) is 1.21. The van der Waals surface area contributed by atoms with Crippen molar-refractivity contribution in [3.05, 3.63) is 10.6 Å². The molecule has 15 heavy (non-hydrogen) atoms. The Hall–Kier alpha value is -1.01. The molecule has 0 aliphatic rings. The summed E-state index contributed by atoms with van der Waals surface area (Å²) in [4.78, 5) is 5.34. The predicted octanol–water partition coefficient (Wildman–Crippen LogP) is 1.11. The Bertz CT molecular complexity index is 331. The Balaban J connectivity index is 2.96. The largest absolute Gasteiger partial charge is 0.307 e. The molecule has 0 aliphatic carbocycles. The molecule has 0 fully saturated rings. The molecule has 0 unspecified atom stereocenters. The van der Waals surface area contributed by atoms with E-state index in [1.165, 1.54) is 11.5 Å². The first-order valence-corrected chi connectivity index (χ1v) is 5.82. The summed E-state index contributed by atoms with van der Waals surface area (Å²) in [7, 11) is 0. The number of hydrogen-bond acceptors (Lipinski definition) is 5. The topological polar surface area (TPSA) is 76.2 Å². The molecule has 1 aromatic rings. The van der Waals surface area contributed by atoms with Crippen LogP contribution >= 0.6 is 11.5 Å². The molecule has 0 saturated heterocycles. The zero-order valence-electron chi connectivity index (χ0n) is 9.32. The lowest BCUT2D eigenvalue weighted by atomic mass is 10.2. The molecule has 1 rings (SSSR count). The molecule has 0 radical (unpaired) electrons. The minimum Gasteiger partial charge on any atom is -0.307 e. The van der Waals surface area contributed by atoms with Gasteiger partial charge in [0, 0.05) is 6.04 Å². The molecule has 0 bridgehead atoms. The van der Waals surface area contributed by atoms with Gasteiger partial charge < -0.3 is 5.43 Å². The van der Waals surface area contributed by atoms with E-state index in [4.69, 9.17) is 5.84 Å². The number of aromatic nitrogens is 2. The monoisotopic (exact) mass is 227 g/mol. The minimum atomic E-state index is 0.202. The van der Waals surface area contributed by atoms with E-state index in [1.807, 2.05) is 13.8 Å². The average Bonchev–Trinajstić information content (AvgIpc) is 2.63. The molecule has 6 heteroatoms. The Morgan fingerprint density at radius 2 is 2.33 bits per heavy atom. The zero-order valence-corrected chi connectivity index (χ0v) is 10.1. The van der Waals surface area contributed by atoms with Crippen LogP contribution in [0.4, 0.5) is 0 Å². The summed E-state index contributed by atoms with van der Waals surface area (Å²) < 4.78 is 3.93. The van der Waals surface area contributed by atoms with Crippen molar-refractivity contribution in [2.45, 2.75) is 39.7 Å². The van der Waals surface area contributed by atoms with E-state index < -0.39 is 0 Å². The highest BCUT2D eigenvalue weighted by atomic mass is 32.1. The van der Waals surface area contributed by atoms with Gasteiger partial charge in [-0.25, -0.2) is 5.84 Å². The molecule has 0 amide bonds. The van der Waals surface area contributed by atoms with Gasteiger partial charge in [0.15, 0.2) is 5.84 Å². The molecular weight excluding hydrogens is 210 g/mol. The van der Waals surface area contributed by atoms with Crippen molar-refractivity contribution in [3.8, 4) is 0 Å². The molecular formula is C9H17N5S. The number of aliphatic imine (C=N–C) groups is 1. The second-order valence-corrected chi connectivity index (χ2v) is 4.27. The normalized spacial score (nSPS) is 12.2. The first-order chi connectivity index (χ1) is 7.19. The number of aryl methyl sites for hydroxylation is 1. The van der Waals surface area contributed by atoms with Gasteiger partial charge in [-0.15, -0.1) is 5.10 Å². The van der Waals surface area contributed by atoms with Crippen LogP contribution in [-0.4, -0.2) is 21.5 Å². The lowest BCUT2D eigenvalue weighted by Crippen LogP contribution is -2.32. The van der Waals surface area contributed by atoms with E-state index in [1.54, 1.807) is 0 Å². The van der Waals surface area contributed by atoms with Crippen LogP contribution in [0.25, 0.3) is 0 Å². The van der Waals surface area contributed by atoms with Crippen molar-refractivity contribution < 1.29 is 0 Å². The number of hydrazine groups is 1. The van der Waals surface area contributed by atoms with Crippen LogP contribution in [0.1, 0.15) is 37.8 Å². The molecule has 0 aromatic carbocycles. The van der Waals surface area contributed by atoms with Crippen molar-refractivity contribution in [1.82, 2.24) is 15.0 Å². The zero-order chi connectivity index (χ0) is 11.3. The molecule has 1 aromatic heterocycles. The highest BCUT2D eigenvalue weighted by Gasteiger charge is 2.12. The van der Waals surface area contributed by atoms with Crippen LogP contribution in [0.5, 0.6) is 0 Å². The second kappa shape index (κ2) is 5.77. The Morgan fingerprint density at radius 3 is 2.87 bits per heavy atom. The van der Waals surface area contributed by atoms with Crippen LogP contribution in [0, 0.1) is 0 Å². The molecule has 0 atom stereocenters. The molecule has 1 heterocycles. The molecule has 84 valence electrons. The first-order valence-electron chi connectivity index (χ1n) is 5.05. The lowest BCUT2D eigenvalue weighted by molar-refractivity contribution is 0.817. The van der Waals surface area contributed by atoms with E-state index in [0.29, 0.717) is 5.84 Å². The maximum atomic E-state index is 5.45. The molecule has 0 spiro atoms. The molecule has 3 N–H and O–H groups in total. The van der Waals surface area contributed by atoms with Gasteiger partial charge >= 0.3 is 0 Å². The van der Waals surface area contributed by atoms with Crippen molar-refractivity contribution in [2.75, 3.05) is 0 Å². The third kappa shape index (κ3) is 3.24. The Labute approximate surface area is 93.9 Å². The highest BCUT2D eigenvalue weighted by molar-refractivity contribution is 7.08. The summed E-state index contributed by atoms with van der Waals surface area (Å²) in [6.07, 6.45) is 1.95. The van der Waals surface area contributed by atoms with E-state index in [0.717, 1.165) is 23.4 Å². The predicted molar refractivity (Wildman–Crippen MR) is 62.9 cm³/mol. The standard InChI is InChI=1S/C9H17N5S/c1-4-5-7-8(15-14-13-7)9(12-10)11-6(2)3/h6H,4-5,10H2,1-3H3,(H,11,12). The van der Waals surface area contributed by atoms with Gasteiger partial charge in [-0.3, -0.25) is 4.99 Å². The maximum absolute atomic E-state index is 5.45. The van der Waals surface area contributed by atoms with Crippen LogP contribution in [0.2, 0.25) is 0 Å². The number of nitrogens with one attached hydrogen (secondary N) is 1. The van der Waals surface area contributed by atoms with Gasteiger partial charge in [0.2, 0.25) is 0 Å². The fraction of sp³-hybridized carbons (Fsp3) is 0.667. The van der Waals surface area contributed by atoms with Crippen molar-refractivity contribution in [2.24, 2.45) is 10.8 Å². The number of amidine groups is 1. The van der Waals surface area contributed by atoms with Gasteiger partial charge in [-0.05, 0) is 31.8 Å². The SMILES string of the molecule is CCCc1nnsc1C(=NC(C)C)NN. The van der Waals surface area contributed by atoms with Gasteiger partial charge in [-0.1, -0.05) is 17.8 Å². The van der Waals surface area contributed by atoms with E-state index in [2.05, 4.69) is 26.9 Å². The van der Waals surface area contributed by atoms with Crippen LogP contribution in [0.15, 0.2) is 4.99 Å². The summed E-state index contributed by atoms with van der Waals surface area (Å²) >= 11 is 1.33. The number of rotatable bonds is 4. The third-order valence-corrected chi connectivity index (χ3v) is 2.56. The molecule has 0 saturated carbocycles. The van der Waals surface area contributed by atoms with Gasteiger partial charge in [0.1, 0.15) is 4.88 Å². The molecule has 0 aliphatic heterocycles. The van der Waals surface area contributed by atoms with Gasteiger partial charge in [0.05, 0.1) is 5.69 Å². The quantitative estimate of drug-likeness (QED) is 0.349. The number of hydrogen-bond donors (Lipinski definition) is 2. The average molecular weight is 227 g/mol. The summed E-state index contributed by atoms with van der Waals surface area (Å²) in [6, 6.07) is 0.202. The van der Waals surface area contributed by atoms with Crippen LogP contribution in [-0.2, 0) is 6.42 Å². The summed E-state index contributed by atoms with van der Waals surface area (Å²) in [5.74, 6) is 6.13. The van der Waals surface area contributed by atoms with E-state index in [-0.39, 0.29) is 6.04 Å². The summed E-state index contributed by atoms with van der Waals surface area (Å²) in [5, 5.41) is 4.07. The van der Waals surface area contributed by atoms with Crippen molar-refractivity contribution >= 4 is 17.4 Å². The van der Waals surface area contributed by atoms with E-state index >= 15 is 0 Å². The maximum Gasteiger partial charge on any atom is 0.156 e. The smallest absolute Gasteiger partial charge is 0.156 e.